The van der Waals surface area contributed by atoms with E-state index in [1.165, 1.54) is 19.3 Å². The monoisotopic (exact) mass is 177 g/mol. The Labute approximate surface area is 78.0 Å². The molecule has 0 unspecified atom stereocenters. The summed E-state index contributed by atoms with van der Waals surface area (Å²) in [6.45, 7) is 1.96. The normalized spacial score (nSPS) is 17.4. The molecule has 0 aliphatic carbocycles. The largest absolute Gasteiger partial charge is 0.353 e. The summed E-state index contributed by atoms with van der Waals surface area (Å²) in [5.41, 5.74) is 0. The van der Waals surface area contributed by atoms with Crippen LogP contribution in [0.15, 0.2) is 18.3 Å². The van der Waals surface area contributed by atoms with Crippen molar-refractivity contribution in [2.24, 2.45) is 0 Å². The minimum atomic E-state index is 0.0457. The molecule has 2 rings (SSSR count). The Morgan fingerprint density at radius 3 is 2.69 bits per heavy atom. The number of aromatic nitrogens is 1. The van der Waals surface area contributed by atoms with Crippen LogP contribution in [-0.4, -0.2) is 18.1 Å². The molecule has 13 heavy (non-hydrogen) atoms. The summed E-state index contributed by atoms with van der Waals surface area (Å²) in [7, 11) is 0. The van der Waals surface area contributed by atoms with Gasteiger partial charge in [-0.15, -0.1) is 0 Å². The zero-order valence-corrected chi connectivity index (χ0v) is 7.57. The summed E-state index contributed by atoms with van der Waals surface area (Å²) >= 11 is 0. The fourth-order valence-electron chi connectivity index (χ4n) is 1.73. The molecule has 0 bridgehead atoms. The van der Waals surface area contributed by atoms with E-state index < -0.39 is 0 Å². The summed E-state index contributed by atoms with van der Waals surface area (Å²) in [6.07, 6.45) is 5.31. The molecule has 0 amide bonds. The van der Waals surface area contributed by atoms with Crippen molar-refractivity contribution in [2.45, 2.75) is 19.3 Å². The zero-order chi connectivity index (χ0) is 9.10. The van der Waals surface area contributed by atoms with Crippen LogP contribution in [0.4, 0.5) is 5.82 Å². The predicted octanol–water partition coefficient (Wildman–Crippen LogP) is 2.22. The van der Waals surface area contributed by atoms with Gasteiger partial charge in [-0.2, -0.15) is 0 Å². The third-order valence-corrected chi connectivity index (χ3v) is 2.41. The van der Waals surface area contributed by atoms with Crippen LogP contribution in [0.1, 0.15) is 19.3 Å². The molecule has 2 heterocycles. The molecule has 1 aliphatic rings. The summed E-state index contributed by atoms with van der Waals surface area (Å²) in [6, 6.07) is 3.27. The van der Waals surface area contributed by atoms with Gasteiger partial charge in [0.15, 0.2) is 5.82 Å². The number of hydrogen-bond acceptors (Lipinski definition) is 2. The first kappa shape index (κ1) is 8.35. The molecule has 1 aromatic heterocycles. The smallest absolute Gasteiger partial charge is 0.220 e. The number of pyridine rings is 1. The third kappa shape index (κ3) is 1.74. The predicted molar refractivity (Wildman–Crippen MR) is 50.4 cm³/mol. The molecule has 0 atom stereocenters. The number of anilines is 1. The van der Waals surface area contributed by atoms with E-state index in [0.29, 0.717) is 5.82 Å². The van der Waals surface area contributed by atoms with Crippen molar-refractivity contribution in [1.82, 2.24) is 4.98 Å². The van der Waals surface area contributed by atoms with Gasteiger partial charge >= 0.3 is 0 Å². The molecule has 0 N–H and O–H groups in total. The standard InChI is InChI=1S/C10H13N2O/c13-9-5-4-6-11-10(9)12-7-2-1-3-8-12/h4-6H,1-3,7-8H2. The summed E-state index contributed by atoms with van der Waals surface area (Å²) in [4.78, 5) is 6.20. The molecule has 69 valence electrons. The number of hydrogen-bond donors (Lipinski definition) is 0. The van der Waals surface area contributed by atoms with Gasteiger partial charge in [-0.1, -0.05) is 0 Å². The molecule has 1 fully saturated rings. The molecule has 0 aromatic carbocycles. The molecular weight excluding hydrogens is 164 g/mol. The number of nitrogens with zero attached hydrogens (tertiary/aromatic N) is 2. The highest BCUT2D eigenvalue weighted by Crippen LogP contribution is 2.26. The minimum absolute atomic E-state index is 0.0457. The highest BCUT2D eigenvalue weighted by molar-refractivity contribution is 5.50. The highest BCUT2D eigenvalue weighted by atomic mass is 16.3. The van der Waals surface area contributed by atoms with Crippen molar-refractivity contribution < 1.29 is 5.11 Å². The first-order valence-electron chi connectivity index (χ1n) is 4.75. The lowest BCUT2D eigenvalue weighted by atomic mass is 10.1. The molecule has 1 aromatic rings. The molecule has 3 heteroatoms. The lowest BCUT2D eigenvalue weighted by molar-refractivity contribution is 0.352. The lowest BCUT2D eigenvalue weighted by Crippen LogP contribution is -2.30. The second-order valence-electron chi connectivity index (χ2n) is 3.37. The molecule has 0 saturated carbocycles. The quantitative estimate of drug-likeness (QED) is 0.659. The van der Waals surface area contributed by atoms with Crippen LogP contribution in [0.3, 0.4) is 0 Å². The second kappa shape index (κ2) is 3.64. The molecule has 3 nitrogen and oxygen atoms in total. The first-order chi connectivity index (χ1) is 6.38. The van der Waals surface area contributed by atoms with Gasteiger partial charge in [-0.05, 0) is 31.4 Å². The van der Waals surface area contributed by atoms with Crippen molar-refractivity contribution in [1.29, 1.82) is 0 Å². The van der Waals surface area contributed by atoms with E-state index in [1.54, 1.807) is 18.3 Å². The second-order valence-corrected chi connectivity index (χ2v) is 3.37. The van der Waals surface area contributed by atoms with Crippen molar-refractivity contribution in [2.75, 3.05) is 18.0 Å². The van der Waals surface area contributed by atoms with E-state index in [0.717, 1.165) is 13.1 Å². The van der Waals surface area contributed by atoms with Crippen LogP contribution in [0, 0.1) is 0 Å². The van der Waals surface area contributed by atoms with Gasteiger partial charge in [0.2, 0.25) is 5.75 Å². The molecule has 1 radical (unpaired) electrons. The van der Waals surface area contributed by atoms with Crippen LogP contribution in [0.2, 0.25) is 0 Å². The Balaban J connectivity index is 2.18. The minimum Gasteiger partial charge on any atom is -0.353 e. The van der Waals surface area contributed by atoms with Crippen LogP contribution in [0.25, 0.3) is 0 Å². The van der Waals surface area contributed by atoms with E-state index >= 15 is 0 Å². The first-order valence-corrected chi connectivity index (χ1v) is 4.75. The SMILES string of the molecule is [O]c1cccnc1N1CCCCC1. The fraction of sp³-hybridized carbons (Fsp3) is 0.500. The Kier molecular flexibility index (Phi) is 2.34. The van der Waals surface area contributed by atoms with Gasteiger partial charge in [0.1, 0.15) is 0 Å². The van der Waals surface area contributed by atoms with Crippen molar-refractivity contribution in [3.63, 3.8) is 0 Å². The van der Waals surface area contributed by atoms with E-state index in [4.69, 9.17) is 0 Å². The van der Waals surface area contributed by atoms with E-state index in [9.17, 15) is 5.11 Å². The summed E-state index contributed by atoms with van der Waals surface area (Å²) in [5.74, 6) is 0.673. The van der Waals surface area contributed by atoms with Gasteiger partial charge < -0.3 is 4.90 Å². The van der Waals surface area contributed by atoms with Gasteiger partial charge in [0, 0.05) is 19.3 Å². The van der Waals surface area contributed by atoms with Crippen LogP contribution < -0.4 is 4.90 Å². The van der Waals surface area contributed by atoms with Crippen molar-refractivity contribution in [3.05, 3.63) is 18.3 Å². The van der Waals surface area contributed by atoms with Crippen LogP contribution >= 0.6 is 0 Å². The zero-order valence-electron chi connectivity index (χ0n) is 7.57. The van der Waals surface area contributed by atoms with Crippen LogP contribution in [-0.2, 0) is 5.11 Å². The van der Waals surface area contributed by atoms with E-state index in [1.807, 2.05) is 0 Å². The van der Waals surface area contributed by atoms with Gasteiger partial charge in [-0.25, -0.2) is 4.98 Å². The van der Waals surface area contributed by atoms with E-state index in [2.05, 4.69) is 9.88 Å². The average Bonchev–Trinajstić information content (AvgIpc) is 2.20. The molecule has 0 spiro atoms. The molecule has 1 aliphatic heterocycles. The Morgan fingerprint density at radius 1 is 1.23 bits per heavy atom. The van der Waals surface area contributed by atoms with Crippen molar-refractivity contribution >= 4 is 5.82 Å². The maximum absolute atomic E-state index is 11.4. The topological polar surface area (TPSA) is 36.0 Å². The van der Waals surface area contributed by atoms with Gasteiger partial charge in [0.25, 0.3) is 0 Å². The summed E-state index contributed by atoms with van der Waals surface area (Å²) < 4.78 is 0. The number of rotatable bonds is 1. The average molecular weight is 177 g/mol. The highest BCUT2D eigenvalue weighted by Gasteiger charge is 2.15. The van der Waals surface area contributed by atoms with Gasteiger partial charge in [-0.3, -0.25) is 5.11 Å². The van der Waals surface area contributed by atoms with Gasteiger partial charge in [0.05, 0.1) is 0 Å². The Bertz CT molecular complexity index is 282. The summed E-state index contributed by atoms with van der Waals surface area (Å²) in [5, 5.41) is 11.4. The lowest BCUT2D eigenvalue weighted by Gasteiger charge is -2.27. The van der Waals surface area contributed by atoms with E-state index in [-0.39, 0.29) is 5.75 Å². The maximum atomic E-state index is 11.4. The number of piperidine rings is 1. The van der Waals surface area contributed by atoms with Crippen LogP contribution in [0.5, 0.6) is 5.75 Å². The fourth-order valence-corrected chi connectivity index (χ4v) is 1.73. The van der Waals surface area contributed by atoms with Crippen molar-refractivity contribution in [3.8, 4) is 5.75 Å². The Hall–Kier alpha value is -1.25. The Morgan fingerprint density at radius 2 is 2.00 bits per heavy atom. The molecule has 1 saturated heterocycles. The maximum Gasteiger partial charge on any atom is 0.220 e. The third-order valence-electron chi connectivity index (χ3n) is 2.41. The molecular formula is C10H13N2O.